The van der Waals surface area contributed by atoms with Crippen LogP contribution in [0.25, 0.3) is 0 Å². The molecule has 1 aromatic heterocycles. The predicted molar refractivity (Wildman–Crippen MR) is 99.1 cm³/mol. The summed E-state index contributed by atoms with van der Waals surface area (Å²) in [6.45, 7) is 1.55. The molecular weight excluding hydrogens is 408 g/mol. The van der Waals surface area contributed by atoms with Crippen LogP contribution in [-0.2, 0) is 11.2 Å². The molecule has 2 rings (SSSR count). The van der Waals surface area contributed by atoms with Crippen molar-refractivity contribution in [3.8, 4) is 11.5 Å². The van der Waals surface area contributed by atoms with Gasteiger partial charge in [-0.05, 0) is 40.5 Å². The Kier molecular flexibility index (Phi) is 6.34. The molecule has 0 bridgehead atoms. The minimum absolute atomic E-state index is 0.172. The summed E-state index contributed by atoms with van der Waals surface area (Å²) < 4.78 is 11.1. The summed E-state index contributed by atoms with van der Waals surface area (Å²) in [6, 6.07) is 3.43. The molecule has 0 aliphatic carbocycles. The molecule has 0 saturated heterocycles. The number of carbonyl (C=O) groups is 1. The monoisotopic (exact) mass is 424 g/mol. The molecule has 1 amide bonds. The molecule has 0 saturated carbocycles. The van der Waals surface area contributed by atoms with E-state index in [0.29, 0.717) is 27.2 Å². The van der Waals surface area contributed by atoms with E-state index < -0.39 is 17.2 Å². The maximum Gasteiger partial charge on any atom is 0.325 e. The van der Waals surface area contributed by atoms with E-state index in [1.807, 2.05) is 0 Å². The van der Waals surface area contributed by atoms with Gasteiger partial charge >= 0.3 is 5.69 Å². The summed E-state index contributed by atoms with van der Waals surface area (Å²) >= 11 is 3.36. The first-order chi connectivity index (χ1) is 12.3. The van der Waals surface area contributed by atoms with E-state index in [4.69, 9.17) is 9.47 Å². The van der Waals surface area contributed by atoms with E-state index in [-0.39, 0.29) is 12.0 Å². The molecule has 0 aliphatic heterocycles. The lowest BCUT2D eigenvalue weighted by atomic mass is 10.1. The number of H-pyrrole nitrogens is 2. The average Bonchev–Trinajstić information content (AvgIpc) is 2.57. The van der Waals surface area contributed by atoms with Gasteiger partial charge in [0.15, 0.2) is 11.5 Å². The lowest BCUT2D eigenvalue weighted by Crippen LogP contribution is -2.30. The van der Waals surface area contributed by atoms with Crippen LogP contribution in [0.15, 0.2) is 31.3 Å². The normalized spacial score (nSPS) is 10.8. The van der Waals surface area contributed by atoms with Gasteiger partial charge in [0.1, 0.15) is 0 Å². The zero-order chi connectivity index (χ0) is 19.3. The third-order valence-corrected chi connectivity index (χ3v) is 4.04. The Bertz CT molecular complexity index is 964. The Morgan fingerprint density at radius 3 is 2.62 bits per heavy atom. The van der Waals surface area contributed by atoms with Crippen LogP contribution in [0.2, 0.25) is 0 Å². The summed E-state index contributed by atoms with van der Waals surface area (Å²) in [6.07, 6.45) is 1.21. The fourth-order valence-electron chi connectivity index (χ4n) is 2.23. The van der Waals surface area contributed by atoms with Crippen LogP contribution in [-0.4, -0.2) is 36.3 Å². The Balaban J connectivity index is 2.09. The van der Waals surface area contributed by atoms with Crippen LogP contribution in [0.3, 0.4) is 0 Å². The highest BCUT2D eigenvalue weighted by Crippen LogP contribution is 2.35. The molecule has 0 spiro atoms. The second kappa shape index (κ2) is 8.48. The molecule has 138 valence electrons. The highest BCUT2D eigenvalue weighted by molar-refractivity contribution is 9.10. The first-order valence-corrected chi connectivity index (χ1v) is 8.20. The van der Waals surface area contributed by atoms with Gasteiger partial charge in [-0.15, -0.1) is 0 Å². The zero-order valence-electron chi connectivity index (χ0n) is 14.3. The van der Waals surface area contributed by atoms with E-state index >= 15 is 0 Å². The number of aromatic amines is 2. The number of aryl methyl sites for hydroxylation is 1. The van der Waals surface area contributed by atoms with E-state index in [2.05, 4.69) is 36.4 Å². The summed E-state index contributed by atoms with van der Waals surface area (Å²) in [4.78, 5) is 39.4. The number of carbonyl (C=O) groups excluding carboxylic acids is 1. The molecule has 1 heterocycles. The van der Waals surface area contributed by atoms with Crippen LogP contribution < -0.4 is 26.1 Å². The minimum atomic E-state index is -0.617. The molecule has 26 heavy (non-hydrogen) atoms. The standard InChI is InChI=1S/C16H17BrN4O5/c1-8-10(15(23)20-16(24)19-8)6-13(22)21-18-7-9-4-11(17)14(26-3)12(5-9)25-2/h4-5,7H,6H2,1-3H3,(H,21,22)(H2,19,20,23,24)/b18-7-. The van der Waals surface area contributed by atoms with Gasteiger partial charge < -0.3 is 14.5 Å². The van der Waals surface area contributed by atoms with Gasteiger partial charge in [0.05, 0.1) is 31.3 Å². The molecule has 0 aliphatic rings. The highest BCUT2D eigenvalue weighted by Gasteiger charge is 2.11. The highest BCUT2D eigenvalue weighted by atomic mass is 79.9. The van der Waals surface area contributed by atoms with Gasteiger partial charge in [0.2, 0.25) is 5.91 Å². The van der Waals surface area contributed by atoms with Crippen molar-refractivity contribution >= 4 is 28.1 Å². The van der Waals surface area contributed by atoms with Crippen molar-refractivity contribution in [3.05, 3.63) is 54.3 Å². The molecule has 1 aromatic carbocycles. The molecule has 3 N–H and O–H groups in total. The van der Waals surface area contributed by atoms with E-state index in [9.17, 15) is 14.4 Å². The Hall–Kier alpha value is -2.88. The van der Waals surface area contributed by atoms with Crippen molar-refractivity contribution in [1.82, 2.24) is 15.4 Å². The molecule has 0 radical (unpaired) electrons. The molecule has 0 atom stereocenters. The summed E-state index contributed by atoms with van der Waals surface area (Å²) in [5.74, 6) is 0.549. The lowest BCUT2D eigenvalue weighted by molar-refractivity contribution is -0.120. The molecule has 10 heteroatoms. The van der Waals surface area contributed by atoms with Crippen molar-refractivity contribution < 1.29 is 14.3 Å². The van der Waals surface area contributed by atoms with E-state index in [1.165, 1.54) is 20.4 Å². The molecular formula is C16H17BrN4O5. The SMILES string of the molecule is COc1cc(/C=N\NC(=O)Cc2c(C)[nH]c(=O)[nH]c2=O)cc(Br)c1OC. The number of nitrogens with one attached hydrogen (secondary N) is 3. The van der Waals surface area contributed by atoms with Gasteiger partial charge in [-0.25, -0.2) is 10.2 Å². The topological polar surface area (TPSA) is 126 Å². The maximum absolute atomic E-state index is 12.0. The number of halogens is 1. The number of hydrogen-bond acceptors (Lipinski definition) is 6. The Labute approximate surface area is 156 Å². The largest absolute Gasteiger partial charge is 0.493 e. The fraction of sp³-hybridized carbons (Fsp3) is 0.250. The maximum atomic E-state index is 12.0. The number of nitrogens with zero attached hydrogens (tertiary/aromatic N) is 1. The Morgan fingerprint density at radius 1 is 1.27 bits per heavy atom. The second-order valence-corrected chi connectivity index (χ2v) is 6.07. The van der Waals surface area contributed by atoms with Gasteiger partial charge in [-0.3, -0.25) is 14.6 Å². The number of amides is 1. The third-order valence-electron chi connectivity index (χ3n) is 3.45. The van der Waals surface area contributed by atoms with Gasteiger partial charge in [0, 0.05) is 11.3 Å². The predicted octanol–water partition coefficient (Wildman–Crippen LogP) is 0.844. The van der Waals surface area contributed by atoms with E-state index in [1.54, 1.807) is 19.1 Å². The zero-order valence-corrected chi connectivity index (χ0v) is 15.9. The van der Waals surface area contributed by atoms with Crippen LogP contribution in [0.1, 0.15) is 16.8 Å². The summed E-state index contributed by atoms with van der Waals surface area (Å²) in [5.41, 5.74) is 2.28. The van der Waals surface area contributed by atoms with Gasteiger partial charge in [-0.1, -0.05) is 0 Å². The Morgan fingerprint density at radius 2 is 2.00 bits per heavy atom. The summed E-state index contributed by atoms with van der Waals surface area (Å²) in [7, 11) is 3.04. The third kappa shape index (κ3) is 4.60. The smallest absolute Gasteiger partial charge is 0.325 e. The van der Waals surface area contributed by atoms with Crippen LogP contribution in [0.5, 0.6) is 11.5 Å². The quantitative estimate of drug-likeness (QED) is 0.467. The van der Waals surface area contributed by atoms with Gasteiger partial charge in [0.25, 0.3) is 5.56 Å². The number of benzene rings is 1. The molecule has 2 aromatic rings. The van der Waals surface area contributed by atoms with Crippen LogP contribution >= 0.6 is 15.9 Å². The van der Waals surface area contributed by atoms with Crippen molar-refractivity contribution in [2.24, 2.45) is 5.10 Å². The average molecular weight is 425 g/mol. The van der Waals surface area contributed by atoms with Crippen molar-refractivity contribution in [3.63, 3.8) is 0 Å². The van der Waals surface area contributed by atoms with Crippen molar-refractivity contribution in [1.29, 1.82) is 0 Å². The molecule has 0 unspecified atom stereocenters. The fourth-order valence-corrected chi connectivity index (χ4v) is 2.85. The van der Waals surface area contributed by atoms with Crippen molar-refractivity contribution in [2.75, 3.05) is 14.2 Å². The van der Waals surface area contributed by atoms with Gasteiger partial charge in [-0.2, -0.15) is 5.10 Å². The first-order valence-electron chi connectivity index (χ1n) is 7.41. The van der Waals surface area contributed by atoms with Crippen LogP contribution in [0.4, 0.5) is 0 Å². The second-order valence-electron chi connectivity index (χ2n) is 5.22. The number of hydrazone groups is 1. The van der Waals surface area contributed by atoms with Crippen LogP contribution in [0, 0.1) is 6.92 Å². The van der Waals surface area contributed by atoms with E-state index in [0.717, 1.165) is 0 Å². The number of hydrogen-bond donors (Lipinski definition) is 3. The molecule has 0 fully saturated rings. The minimum Gasteiger partial charge on any atom is -0.493 e. The number of aromatic nitrogens is 2. The summed E-state index contributed by atoms with van der Waals surface area (Å²) in [5, 5.41) is 3.86. The molecule has 9 nitrogen and oxygen atoms in total. The number of ether oxygens (including phenoxy) is 2. The first kappa shape index (κ1) is 19.4. The van der Waals surface area contributed by atoms with Crippen molar-refractivity contribution in [2.45, 2.75) is 13.3 Å². The number of methoxy groups -OCH3 is 2. The lowest BCUT2D eigenvalue weighted by Gasteiger charge is -2.10. The number of rotatable bonds is 6.